The van der Waals surface area contributed by atoms with Gasteiger partial charge in [0.1, 0.15) is 6.04 Å². The van der Waals surface area contributed by atoms with Gasteiger partial charge in [-0.15, -0.1) is 0 Å². The molecule has 6 nitrogen and oxygen atoms in total. The Morgan fingerprint density at radius 3 is 2.45 bits per heavy atom. The quantitative estimate of drug-likeness (QED) is 0.650. The number of para-hydroxylation sites is 1. The fourth-order valence-electron chi connectivity index (χ4n) is 1.63. The van der Waals surface area contributed by atoms with Gasteiger partial charge in [-0.2, -0.15) is 0 Å². The van der Waals surface area contributed by atoms with E-state index in [9.17, 15) is 9.59 Å². The number of hydrogen-bond donors (Lipinski definition) is 3. The SMILES string of the molecule is CN(C)CCN[C@@H](CC(=O)Nc1ccccc1)C(=O)O. The molecule has 6 heteroatoms. The lowest BCUT2D eigenvalue weighted by atomic mass is 10.2. The fraction of sp³-hybridized carbons (Fsp3) is 0.429. The van der Waals surface area contributed by atoms with Crippen LogP contribution < -0.4 is 10.6 Å². The molecule has 0 fully saturated rings. The van der Waals surface area contributed by atoms with Crippen molar-refractivity contribution in [3.63, 3.8) is 0 Å². The summed E-state index contributed by atoms with van der Waals surface area (Å²) in [5.41, 5.74) is 0.662. The van der Waals surface area contributed by atoms with Gasteiger partial charge in [0.05, 0.1) is 6.42 Å². The zero-order chi connectivity index (χ0) is 15.0. The Balaban J connectivity index is 2.44. The van der Waals surface area contributed by atoms with E-state index in [2.05, 4.69) is 10.6 Å². The van der Waals surface area contributed by atoms with E-state index >= 15 is 0 Å². The Morgan fingerprint density at radius 2 is 1.90 bits per heavy atom. The minimum atomic E-state index is -1.02. The van der Waals surface area contributed by atoms with Crippen molar-refractivity contribution in [1.82, 2.24) is 10.2 Å². The highest BCUT2D eigenvalue weighted by atomic mass is 16.4. The predicted molar refractivity (Wildman–Crippen MR) is 77.7 cm³/mol. The monoisotopic (exact) mass is 279 g/mol. The first-order valence-corrected chi connectivity index (χ1v) is 6.45. The zero-order valence-corrected chi connectivity index (χ0v) is 11.8. The predicted octanol–water partition coefficient (Wildman–Crippen LogP) is 0.620. The highest BCUT2D eigenvalue weighted by molar-refractivity contribution is 5.93. The van der Waals surface area contributed by atoms with Gasteiger partial charge < -0.3 is 20.6 Å². The van der Waals surface area contributed by atoms with Gasteiger partial charge in [-0.05, 0) is 26.2 Å². The topological polar surface area (TPSA) is 81.7 Å². The second-order valence-electron chi connectivity index (χ2n) is 4.77. The number of likely N-dealkylation sites (N-methyl/N-ethyl adjacent to an activating group) is 1. The van der Waals surface area contributed by atoms with Crippen LogP contribution in [0.2, 0.25) is 0 Å². The van der Waals surface area contributed by atoms with E-state index in [4.69, 9.17) is 5.11 Å². The van der Waals surface area contributed by atoms with Gasteiger partial charge in [-0.25, -0.2) is 0 Å². The molecule has 0 heterocycles. The van der Waals surface area contributed by atoms with Crippen LogP contribution in [-0.2, 0) is 9.59 Å². The molecule has 0 aliphatic carbocycles. The van der Waals surface area contributed by atoms with E-state index in [1.165, 1.54) is 0 Å². The van der Waals surface area contributed by atoms with Crippen molar-refractivity contribution >= 4 is 17.6 Å². The number of carbonyl (C=O) groups is 2. The van der Waals surface area contributed by atoms with Crippen LogP contribution in [-0.4, -0.2) is 55.1 Å². The van der Waals surface area contributed by atoms with E-state index in [1.54, 1.807) is 24.3 Å². The molecule has 0 aliphatic rings. The molecule has 0 saturated heterocycles. The molecule has 0 spiro atoms. The smallest absolute Gasteiger partial charge is 0.321 e. The Labute approximate surface area is 118 Å². The lowest BCUT2D eigenvalue weighted by molar-refractivity contribution is -0.141. The lowest BCUT2D eigenvalue weighted by Crippen LogP contribution is -2.42. The standard InChI is InChI=1S/C14H21N3O3/c1-17(2)9-8-15-12(14(19)20)10-13(18)16-11-6-4-3-5-7-11/h3-7,12,15H,8-10H2,1-2H3,(H,16,18)(H,19,20)/t12-/m0/s1. The number of hydrogen-bond acceptors (Lipinski definition) is 4. The minimum Gasteiger partial charge on any atom is -0.480 e. The second kappa shape index (κ2) is 8.29. The van der Waals surface area contributed by atoms with E-state index in [-0.39, 0.29) is 12.3 Å². The summed E-state index contributed by atoms with van der Waals surface area (Å²) in [6, 6.07) is 8.09. The van der Waals surface area contributed by atoms with Gasteiger partial charge >= 0.3 is 5.97 Å². The highest BCUT2D eigenvalue weighted by Crippen LogP contribution is 2.06. The number of carboxylic acid groups (broad SMARTS) is 1. The van der Waals surface area contributed by atoms with Gasteiger partial charge in [0, 0.05) is 18.8 Å². The van der Waals surface area contributed by atoms with Crippen LogP contribution in [0.4, 0.5) is 5.69 Å². The summed E-state index contributed by atoms with van der Waals surface area (Å²) >= 11 is 0. The zero-order valence-electron chi connectivity index (χ0n) is 11.8. The molecule has 1 rings (SSSR count). The molecule has 1 atom stereocenters. The molecule has 0 saturated carbocycles. The van der Waals surface area contributed by atoms with Crippen molar-refractivity contribution in [3.05, 3.63) is 30.3 Å². The van der Waals surface area contributed by atoms with Crippen LogP contribution in [0.5, 0.6) is 0 Å². The summed E-state index contributed by atoms with van der Waals surface area (Å²) in [6.07, 6.45) is -0.0995. The number of amides is 1. The maximum atomic E-state index is 11.8. The van der Waals surface area contributed by atoms with E-state index in [0.717, 1.165) is 0 Å². The maximum absolute atomic E-state index is 11.8. The van der Waals surface area contributed by atoms with Crippen LogP contribution in [0.1, 0.15) is 6.42 Å². The van der Waals surface area contributed by atoms with Crippen molar-refractivity contribution in [2.75, 3.05) is 32.5 Å². The first-order valence-electron chi connectivity index (χ1n) is 6.45. The number of nitrogens with one attached hydrogen (secondary N) is 2. The molecule has 0 unspecified atom stereocenters. The summed E-state index contributed by atoms with van der Waals surface area (Å²) in [5, 5.41) is 14.6. The summed E-state index contributed by atoms with van der Waals surface area (Å²) in [7, 11) is 3.80. The van der Waals surface area contributed by atoms with E-state index < -0.39 is 12.0 Å². The molecule has 1 amide bonds. The third-order valence-electron chi connectivity index (χ3n) is 2.69. The molecule has 3 N–H and O–H groups in total. The summed E-state index contributed by atoms with van der Waals surface area (Å²) in [6.45, 7) is 1.23. The van der Waals surface area contributed by atoms with Gasteiger partial charge in [-0.3, -0.25) is 9.59 Å². The Kier molecular flexibility index (Phi) is 6.69. The number of anilines is 1. The third kappa shape index (κ3) is 6.31. The van der Waals surface area contributed by atoms with Crippen molar-refractivity contribution in [2.45, 2.75) is 12.5 Å². The first kappa shape index (κ1) is 16.1. The Hall–Kier alpha value is -1.92. The van der Waals surface area contributed by atoms with Gasteiger partial charge in [0.15, 0.2) is 0 Å². The molecular formula is C14H21N3O3. The van der Waals surface area contributed by atoms with Gasteiger partial charge in [0.2, 0.25) is 5.91 Å². The van der Waals surface area contributed by atoms with Crippen molar-refractivity contribution in [2.24, 2.45) is 0 Å². The highest BCUT2D eigenvalue weighted by Gasteiger charge is 2.20. The van der Waals surface area contributed by atoms with Crippen LogP contribution in [0.15, 0.2) is 30.3 Å². The van der Waals surface area contributed by atoms with E-state index in [1.807, 2.05) is 25.1 Å². The molecule has 0 aliphatic heterocycles. The molecule has 1 aromatic carbocycles. The average molecular weight is 279 g/mol. The van der Waals surface area contributed by atoms with Crippen molar-refractivity contribution in [3.8, 4) is 0 Å². The summed E-state index contributed by atoms with van der Waals surface area (Å²) in [4.78, 5) is 24.8. The second-order valence-corrected chi connectivity index (χ2v) is 4.77. The molecule has 110 valence electrons. The van der Waals surface area contributed by atoms with Crippen LogP contribution in [0, 0.1) is 0 Å². The van der Waals surface area contributed by atoms with Crippen LogP contribution in [0.3, 0.4) is 0 Å². The van der Waals surface area contributed by atoms with E-state index in [0.29, 0.717) is 18.8 Å². The maximum Gasteiger partial charge on any atom is 0.321 e. The van der Waals surface area contributed by atoms with Crippen molar-refractivity contribution < 1.29 is 14.7 Å². The number of rotatable bonds is 8. The molecule has 20 heavy (non-hydrogen) atoms. The number of carboxylic acids is 1. The molecule has 1 aromatic rings. The first-order chi connectivity index (χ1) is 9.49. The van der Waals surface area contributed by atoms with Crippen molar-refractivity contribution in [1.29, 1.82) is 0 Å². The fourth-order valence-corrected chi connectivity index (χ4v) is 1.63. The Morgan fingerprint density at radius 1 is 1.25 bits per heavy atom. The molecule has 0 bridgehead atoms. The summed E-state index contributed by atoms with van der Waals surface area (Å²) < 4.78 is 0. The van der Waals surface area contributed by atoms with Gasteiger partial charge in [-0.1, -0.05) is 18.2 Å². The third-order valence-corrected chi connectivity index (χ3v) is 2.69. The summed E-state index contributed by atoms with van der Waals surface area (Å²) in [5.74, 6) is -1.34. The number of aliphatic carboxylic acids is 1. The largest absolute Gasteiger partial charge is 0.480 e. The van der Waals surface area contributed by atoms with Crippen LogP contribution >= 0.6 is 0 Å². The number of benzene rings is 1. The van der Waals surface area contributed by atoms with Gasteiger partial charge in [0.25, 0.3) is 0 Å². The van der Waals surface area contributed by atoms with Crippen LogP contribution in [0.25, 0.3) is 0 Å². The minimum absolute atomic E-state index is 0.0995. The molecular weight excluding hydrogens is 258 g/mol. The molecule has 0 radical (unpaired) electrons. The molecule has 0 aromatic heterocycles. The normalized spacial score (nSPS) is 12.2. The lowest BCUT2D eigenvalue weighted by Gasteiger charge is -2.16. The Bertz CT molecular complexity index is 435. The number of carbonyl (C=O) groups excluding carboxylic acids is 1. The average Bonchev–Trinajstić information content (AvgIpc) is 2.38. The number of nitrogens with zero attached hydrogens (tertiary/aromatic N) is 1.